The zero-order valence-electron chi connectivity index (χ0n) is 13.4. The van der Waals surface area contributed by atoms with Crippen molar-refractivity contribution in [1.82, 2.24) is 19.7 Å². The maximum Gasteiger partial charge on any atom is 0.180 e. The Kier molecular flexibility index (Phi) is 3.42. The molecule has 1 saturated heterocycles. The largest absolute Gasteiger partial charge is 0.366 e. The van der Waals surface area contributed by atoms with Gasteiger partial charge >= 0.3 is 0 Å². The van der Waals surface area contributed by atoms with Crippen molar-refractivity contribution in [1.29, 1.82) is 5.26 Å². The van der Waals surface area contributed by atoms with Crippen LogP contribution in [-0.2, 0) is 11.2 Å². The second-order valence-electron chi connectivity index (χ2n) is 6.27. The first kappa shape index (κ1) is 14.6. The molecule has 24 heavy (non-hydrogen) atoms. The predicted octanol–water partition coefficient (Wildman–Crippen LogP) is 1.89. The third-order valence-corrected chi connectivity index (χ3v) is 4.70. The fourth-order valence-corrected chi connectivity index (χ4v) is 3.53. The molecule has 0 bridgehead atoms. The van der Waals surface area contributed by atoms with Crippen molar-refractivity contribution in [2.24, 2.45) is 0 Å². The fraction of sp³-hybridized carbons (Fsp3) is 0.333. The number of pyridine rings is 1. The van der Waals surface area contributed by atoms with Crippen LogP contribution in [0.5, 0.6) is 0 Å². The molecule has 0 amide bonds. The van der Waals surface area contributed by atoms with Crippen molar-refractivity contribution in [2.45, 2.75) is 25.8 Å². The van der Waals surface area contributed by atoms with Gasteiger partial charge in [-0.25, -0.2) is 0 Å². The number of aryl methyl sites for hydroxylation is 1. The molecule has 1 aliphatic heterocycles. The van der Waals surface area contributed by atoms with Crippen LogP contribution in [0.4, 0.5) is 0 Å². The summed E-state index contributed by atoms with van der Waals surface area (Å²) in [4.78, 5) is 19.2. The molecular formula is C18H17N5O. The van der Waals surface area contributed by atoms with Gasteiger partial charge < -0.3 is 4.90 Å². The normalized spacial score (nSPS) is 20.2. The van der Waals surface area contributed by atoms with Crippen LogP contribution in [0.3, 0.4) is 0 Å². The van der Waals surface area contributed by atoms with Gasteiger partial charge in [0.05, 0.1) is 17.4 Å². The van der Waals surface area contributed by atoms with E-state index in [1.54, 1.807) is 6.20 Å². The van der Waals surface area contributed by atoms with E-state index in [1.807, 2.05) is 36.0 Å². The Balaban J connectivity index is 1.76. The minimum absolute atomic E-state index is 0.117. The Bertz CT molecular complexity index is 875. The van der Waals surface area contributed by atoms with Crippen LogP contribution in [0.15, 0.2) is 36.2 Å². The van der Waals surface area contributed by atoms with E-state index in [0.717, 1.165) is 36.5 Å². The minimum Gasteiger partial charge on any atom is -0.366 e. The SMILES string of the molecule is Cc1ccc2c(n1)C(N1CC[C@@H](n3cccn3)C1)=C(C#N)C(=O)C2. The lowest BCUT2D eigenvalue weighted by Gasteiger charge is -2.27. The van der Waals surface area contributed by atoms with E-state index in [0.29, 0.717) is 5.70 Å². The standard InChI is InChI=1S/C18H17N5O/c1-12-3-4-13-9-16(24)15(10-19)18(17(13)21-12)22-8-5-14(11-22)23-7-2-6-20-23/h2-4,6-7,14H,5,8-9,11H2,1H3/t14-/m1/s1. The number of likely N-dealkylation sites (tertiary alicyclic amines) is 1. The fourth-order valence-electron chi connectivity index (χ4n) is 3.53. The first-order valence-electron chi connectivity index (χ1n) is 8.06. The van der Waals surface area contributed by atoms with Gasteiger partial charge in [0.25, 0.3) is 0 Å². The first-order chi connectivity index (χ1) is 11.7. The van der Waals surface area contributed by atoms with Crippen LogP contribution in [0.25, 0.3) is 5.70 Å². The summed E-state index contributed by atoms with van der Waals surface area (Å²) in [5.41, 5.74) is 3.51. The molecule has 4 rings (SSSR count). The summed E-state index contributed by atoms with van der Waals surface area (Å²) in [5, 5.41) is 13.9. The van der Waals surface area contributed by atoms with Crippen LogP contribution in [0.2, 0.25) is 0 Å². The number of aromatic nitrogens is 3. The Morgan fingerprint density at radius 3 is 3.00 bits per heavy atom. The second kappa shape index (κ2) is 5.60. The van der Waals surface area contributed by atoms with E-state index in [1.165, 1.54) is 0 Å². The van der Waals surface area contributed by atoms with Crippen molar-refractivity contribution in [2.75, 3.05) is 13.1 Å². The molecule has 2 aromatic rings. The Morgan fingerprint density at radius 1 is 1.38 bits per heavy atom. The molecule has 1 fully saturated rings. The number of allylic oxidation sites excluding steroid dienone is 1. The molecule has 0 aromatic carbocycles. The molecule has 6 heteroatoms. The lowest BCUT2D eigenvalue weighted by molar-refractivity contribution is -0.114. The quantitative estimate of drug-likeness (QED) is 0.845. The highest BCUT2D eigenvalue weighted by Gasteiger charge is 2.34. The van der Waals surface area contributed by atoms with E-state index in [2.05, 4.69) is 21.1 Å². The Morgan fingerprint density at radius 2 is 2.25 bits per heavy atom. The monoisotopic (exact) mass is 319 g/mol. The van der Waals surface area contributed by atoms with E-state index >= 15 is 0 Å². The van der Waals surface area contributed by atoms with Crippen LogP contribution in [0, 0.1) is 18.3 Å². The first-order valence-corrected chi connectivity index (χ1v) is 8.06. The zero-order chi connectivity index (χ0) is 16.7. The third-order valence-electron chi connectivity index (χ3n) is 4.70. The molecular weight excluding hydrogens is 302 g/mol. The predicted molar refractivity (Wildman–Crippen MR) is 87.7 cm³/mol. The number of nitrogens with zero attached hydrogens (tertiary/aromatic N) is 5. The number of hydrogen-bond donors (Lipinski definition) is 0. The van der Waals surface area contributed by atoms with E-state index in [9.17, 15) is 10.1 Å². The molecule has 0 radical (unpaired) electrons. The maximum atomic E-state index is 12.4. The van der Waals surface area contributed by atoms with E-state index in [4.69, 9.17) is 0 Å². The highest BCUT2D eigenvalue weighted by molar-refractivity contribution is 6.09. The van der Waals surface area contributed by atoms with Crippen molar-refractivity contribution in [3.8, 4) is 6.07 Å². The van der Waals surface area contributed by atoms with Gasteiger partial charge in [0, 0.05) is 37.6 Å². The average Bonchev–Trinajstić information content (AvgIpc) is 3.25. The van der Waals surface area contributed by atoms with Gasteiger partial charge in [-0.2, -0.15) is 10.4 Å². The molecule has 3 heterocycles. The Hall–Kier alpha value is -2.94. The summed E-state index contributed by atoms with van der Waals surface area (Å²) in [6, 6.07) is 8.14. The summed E-state index contributed by atoms with van der Waals surface area (Å²) in [7, 11) is 0. The summed E-state index contributed by atoms with van der Waals surface area (Å²) in [6.45, 7) is 3.44. The van der Waals surface area contributed by atoms with Gasteiger partial charge in [-0.05, 0) is 31.0 Å². The lowest BCUT2D eigenvalue weighted by Crippen LogP contribution is -2.28. The number of carbonyl (C=O) groups excluding carboxylic acids is 1. The highest BCUT2D eigenvalue weighted by atomic mass is 16.1. The van der Waals surface area contributed by atoms with Crippen molar-refractivity contribution in [3.63, 3.8) is 0 Å². The molecule has 0 N–H and O–H groups in total. The summed E-state index contributed by atoms with van der Waals surface area (Å²) in [5.74, 6) is -0.117. The molecule has 1 atom stereocenters. The number of carbonyl (C=O) groups is 1. The van der Waals surface area contributed by atoms with Crippen LogP contribution in [0.1, 0.15) is 29.4 Å². The highest BCUT2D eigenvalue weighted by Crippen LogP contribution is 2.35. The number of ketones is 1. The molecule has 2 aromatic heterocycles. The Labute approximate surface area is 140 Å². The maximum absolute atomic E-state index is 12.4. The number of hydrogen-bond acceptors (Lipinski definition) is 5. The third kappa shape index (κ3) is 2.29. The molecule has 120 valence electrons. The van der Waals surface area contributed by atoms with Gasteiger partial charge in [-0.1, -0.05) is 6.07 Å². The molecule has 2 aliphatic rings. The van der Waals surface area contributed by atoms with Crippen molar-refractivity contribution >= 4 is 11.5 Å². The topological polar surface area (TPSA) is 74.8 Å². The van der Waals surface area contributed by atoms with E-state index in [-0.39, 0.29) is 23.8 Å². The smallest absolute Gasteiger partial charge is 0.180 e. The van der Waals surface area contributed by atoms with Gasteiger partial charge in [0.15, 0.2) is 5.78 Å². The second-order valence-corrected chi connectivity index (χ2v) is 6.27. The van der Waals surface area contributed by atoms with Crippen molar-refractivity contribution < 1.29 is 4.79 Å². The number of rotatable bonds is 2. The lowest BCUT2D eigenvalue weighted by atomic mass is 9.91. The van der Waals surface area contributed by atoms with Crippen LogP contribution in [-0.4, -0.2) is 38.5 Å². The van der Waals surface area contributed by atoms with Crippen LogP contribution >= 0.6 is 0 Å². The molecule has 6 nitrogen and oxygen atoms in total. The number of Topliss-reactive ketones (excluding diaryl/α,β-unsaturated/α-hetero) is 1. The van der Waals surface area contributed by atoms with Gasteiger partial charge in [-0.3, -0.25) is 14.5 Å². The summed E-state index contributed by atoms with van der Waals surface area (Å²) >= 11 is 0. The van der Waals surface area contributed by atoms with Gasteiger partial charge in [-0.15, -0.1) is 0 Å². The average molecular weight is 319 g/mol. The molecule has 0 unspecified atom stereocenters. The van der Waals surface area contributed by atoms with Crippen LogP contribution < -0.4 is 0 Å². The molecule has 1 aliphatic carbocycles. The molecule has 0 saturated carbocycles. The zero-order valence-corrected chi connectivity index (χ0v) is 13.4. The summed E-state index contributed by atoms with van der Waals surface area (Å²) < 4.78 is 1.95. The van der Waals surface area contributed by atoms with E-state index < -0.39 is 0 Å². The minimum atomic E-state index is -0.117. The van der Waals surface area contributed by atoms with Gasteiger partial charge in [0.2, 0.25) is 0 Å². The van der Waals surface area contributed by atoms with Gasteiger partial charge in [0.1, 0.15) is 11.6 Å². The number of nitriles is 1. The summed E-state index contributed by atoms with van der Waals surface area (Å²) in [6.07, 6.45) is 4.91. The number of fused-ring (bicyclic) bond motifs is 1. The van der Waals surface area contributed by atoms with Crippen molar-refractivity contribution in [3.05, 3.63) is 53.1 Å². The molecule has 0 spiro atoms.